The summed E-state index contributed by atoms with van der Waals surface area (Å²) in [6.07, 6.45) is 1.72. The molecule has 1 amide bonds. The fraction of sp³-hybridized carbons (Fsp3) is 0.800. The number of esters is 1. The molecule has 0 spiro atoms. The van der Waals surface area contributed by atoms with Crippen LogP contribution in [-0.4, -0.2) is 63.6 Å². The summed E-state index contributed by atoms with van der Waals surface area (Å²) in [7, 11) is 1.27. The third-order valence-corrected chi connectivity index (χ3v) is 4.85. The number of rotatable bonds is 9. The Morgan fingerprint density at radius 2 is 1.87 bits per heavy atom. The first-order chi connectivity index (χ1) is 10.7. The number of Topliss-reactive ketones (excluding diaryl/α,β-unsaturated/α-hetero) is 1. The molecule has 0 aliphatic heterocycles. The molecule has 0 rings (SSSR count). The number of ether oxygens (including phenoxy) is 2. The van der Waals surface area contributed by atoms with Crippen molar-refractivity contribution in [2.45, 2.75) is 50.0 Å². The van der Waals surface area contributed by atoms with Gasteiger partial charge in [0.05, 0.1) is 0 Å². The second kappa shape index (κ2) is 10.9. The van der Waals surface area contributed by atoms with Gasteiger partial charge >= 0.3 is 149 Å². The minimum atomic E-state index is -0.827. The van der Waals surface area contributed by atoms with E-state index in [1.165, 1.54) is 7.11 Å². The van der Waals surface area contributed by atoms with Gasteiger partial charge in [0.1, 0.15) is 0 Å². The molecular weight excluding hydrogens is 385 g/mol. The molecular formula is C15H27NO5SSe. The van der Waals surface area contributed by atoms with Gasteiger partial charge in [0.15, 0.2) is 0 Å². The van der Waals surface area contributed by atoms with Crippen LogP contribution < -0.4 is 5.32 Å². The molecule has 0 saturated carbocycles. The summed E-state index contributed by atoms with van der Waals surface area (Å²) in [6, 6.07) is -0.747. The first-order valence-electron chi connectivity index (χ1n) is 7.25. The molecule has 8 heteroatoms. The molecule has 0 saturated heterocycles. The van der Waals surface area contributed by atoms with Crippen molar-refractivity contribution in [2.24, 2.45) is 5.92 Å². The number of alkyl carbamates (subject to hydrolysis) is 1. The van der Waals surface area contributed by atoms with Crippen LogP contribution in [0.3, 0.4) is 0 Å². The SMILES string of the molecule is COC(=O)C(C[Se]C)C(=O)[C@H](CCSC)NC(=O)OC(C)(C)C. The first kappa shape index (κ1) is 22.3. The van der Waals surface area contributed by atoms with Crippen molar-refractivity contribution in [1.29, 1.82) is 0 Å². The Labute approximate surface area is 149 Å². The fourth-order valence-electron chi connectivity index (χ4n) is 1.79. The van der Waals surface area contributed by atoms with Crippen LogP contribution in [0.2, 0.25) is 11.1 Å². The van der Waals surface area contributed by atoms with Gasteiger partial charge in [-0.25, -0.2) is 0 Å². The number of carbonyl (C=O) groups is 3. The van der Waals surface area contributed by atoms with Crippen LogP contribution in [0.15, 0.2) is 0 Å². The van der Waals surface area contributed by atoms with Crippen molar-refractivity contribution in [1.82, 2.24) is 5.32 Å². The molecule has 0 aromatic carbocycles. The van der Waals surface area contributed by atoms with E-state index < -0.39 is 29.6 Å². The summed E-state index contributed by atoms with van der Waals surface area (Å²) in [5, 5.41) is 3.06. The molecule has 2 atom stereocenters. The first-order valence-corrected chi connectivity index (χ1v) is 11.6. The average molecular weight is 412 g/mol. The number of methoxy groups -OCH3 is 1. The second-order valence-electron chi connectivity index (χ2n) is 5.91. The molecule has 6 nitrogen and oxygen atoms in total. The predicted octanol–water partition coefficient (Wildman–Crippen LogP) is 2.16. The van der Waals surface area contributed by atoms with Gasteiger partial charge in [-0.3, -0.25) is 0 Å². The molecule has 0 aliphatic carbocycles. The van der Waals surface area contributed by atoms with E-state index in [-0.39, 0.29) is 20.7 Å². The third-order valence-electron chi connectivity index (χ3n) is 2.81. The van der Waals surface area contributed by atoms with Crippen LogP contribution in [0.4, 0.5) is 4.79 Å². The molecule has 134 valence electrons. The van der Waals surface area contributed by atoms with Gasteiger partial charge in [-0.05, 0) is 0 Å². The Bertz CT molecular complexity index is 411. The van der Waals surface area contributed by atoms with Crippen LogP contribution >= 0.6 is 11.8 Å². The van der Waals surface area contributed by atoms with Gasteiger partial charge in [-0.15, -0.1) is 0 Å². The van der Waals surface area contributed by atoms with E-state index >= 15 is 0 Å². The van der Waals surface area contributed by atoms with E-state index in [1.807, 2.05) is 12.1 Å². The number of hydrogen-bond acceptors (Lipinski definition) is 6. The average Bonchev–Trinajstić information content (AvgIpc) is 2.45. The molecule has 0 aromatic heterocycles. The van der Waals surface area contributed by atoms with Crippen LogP contribution in [0.5, 0.6) is 0 Å². The number of thioether (sulfide) groups is 1. The summed E-state index contributed by atoms with van der Waals surface area (Å²) in [5.74, 6) is 0.970. The van der Waals surface area contributed by atoms with Gasteiger partial charge in [0.25, 0.3) is 0 Å². The topological polar surface area (TPSA) is 81.7 Å². The molecule has 1 N–H and O–H groups in total. The van der Waals surface area contributed by atoms with Gasteiger partial charge in [0.2, 0.25) is 0 Å². The molecule has 0 radical (unpaired) electrons. The van der Waals surface area contributed by atoms with E-state index in [1.54, 1.807) is 32.5 Å². The summed E-state index contributed by atoms with van der Waals surface area (Å²) in [6.45, 7) is 5.26. The zero-order chi connectivity index (χ0) is 18.0. The monoisotopic (exact) mass is 413 g/mol. The van der Waals surface area contributed by atoms with Crippen LogP contribution in [0.1, 0.15) is 27.2 Å². The van der Waals surface area contributed by atoms with E-state index in [0.29, 0.717) is 17.5 Å². The number of nitrogens with one attached hydrogen (secondary N) is 1. The van der Waals surface area contributed by atoms with Crippen molar-refractivity contribution in [2.75, 3.05) is 19.1 Å². The van der Waals surface area contributed by atoms with Crippen molar-refractivity contribution in [3.8, 4) is 0 Å². The summed E-state index contributed by atoms with van der Waals surface area (Å²) in [5.41, 5.74) is -0.647. The zero-order valence-corrected chi connectivity index (χ0v) is 17.2. The Morgan fingerprint density at radius 1 is 1.26 bits per heavy atom. The second-order valence-corrected chi connectivity index (χ2v) is 8.81. The predicted molar refractivity (Wildman–Crippen MR) is 93.1 cm³/mol. The number of ketones is 1. The van der Waals surface area contributed by atoms with Crippen LogP contribution in [0, 0.1) is 5.92 Å². The summed E-state index contributed by atoms with van der Waals surface area (Å²) >= 11 is 1.71. The molecule has 0 aromatic rings. The van der Waals surface area contributed by atoms with Gasteiger partial charge < -0.3 is 0 Å². The van der Waals surface area contributed by atoms with E-state index in [4.69, 9.17) is 9.47 Å². The van der Waals surface area contributed by atoms with Crippen molar-refractivity contribution >= 4 is 44.6 Å². The molecule has 23 heavy (non-hydrogen) atoms. The fourth-order valence-corrected chi connectivity index (χ4v) is 3.59. The maximum atomic E-state index is 12.7. The minimum absolute atomic E-state index is 0.143. The summed E-state index contributed by atoms with van der Waals surface area (Å²) in [4.78, 5) is 36.5. The Morgan fingerprint density at radius 3 is 2.30 bits per heavy atom. The van der Waals surface area contributed by atoms with Gasteiger partial charge in [-0.1, -0.05) is 0 Å². The normalized spacial score (nSPS) is 13.8. The third kappa shape index (κ3) is 9.23. The van der Waals surface area contributed by atoms with Gasteiger partial charge in [-0.2, -0.15) is 0 Å². The Balaban J connectivity index is 5.07. The molecule has 0 aliphatic rings. The Hall–Kier alpha value is -0.721. The Kier molecular flexibility index (Phi) is 10.6. The number of carbonyl (C=O) groups excluding carboxylic acids is 3. The number of hydrogen-bond donors (Lipinski definition) is 1. The van der Waals surface area contributed by atoms with E-state index in [9.17, 15) is 14.4 Å². The van der Waals surface area contributed by atoms with Crippen molar-refractivity contribution in [3.05, 3.63) is 0 Å². The van der Waals surface area contributed by atoms with E-state index in [2.05, 4.69) is 5.32 Å². The zero-order valence-electron chi connectivity index (χ0n) is 14.6. The van der Waals surface area contributed by atoms with Crippen molar-refractivity contribution in [3.63, 3.8) is 0 Å². The number of amides is 1. The molecule has 1 unspecified atom stereocenters. The van der Waals surface area contributed by atoms with Crippen LogP contribution in [-0.2, 0) is 19.1 Å². The molecule has 0 bridgehead atoms. The van der Waals surface area contributed by atoms with Crippen molar-refractivity contribution < 1.29 is 23.9 Å². The molecule has 0 heterocycles. The molecule has 0 fully saturated rings. The van der Waals surface area contributed by atoms with E-state index in [0.717, 1.165) is 0 Å². The van der Waals surface area contributed by atoms with Crippen LogP contribution in [0.25, 0.3) is 0 Å². The maximum absolute atomic E-state index is 12.7. The van der Waals surface area contributed by atoms with Gasteiger partial charge in [0, 0.05) is 0 Å². The quantitative estimate of drug-likeness (QED) is 0.355. The summed E-state index contributed by atoms with van der Waals surface area (Å²) < 4.78 is 9.93. The standard InChI is InChI=1S/C15H27NO5SSe/c1-15(2,3)21-14(19)16-11(7-8-22-5)12(17)10(9-23-6)13(18)20-4/h10-11H,7-9H2,1-6H3,(H,16,19)/t10?,11-/m0/s1.